The second-order valence-corrected chi connectivity index (χ2v) is 6.77. The number of rotatable bonds is 2. The smallest absolute Gasteiger partial charge is 0.246 e. The fourth-order valence-electron chi connectivity index (χ4n) is 2.30. The molecule has 2 rings (SSSR count). The van der Waals surface area contributed by atoms with Crippen molar-refractivity contribution in [2.24, 2.45) is 0 Å². The standard InChI is InChI=1S/C12H16F2N2O2S/c1-8-6-16(7-9(2)15-8)19(17,18)12-4-3-10(13)5-11(12)14/h3-5,8-9,15H,6-7H2,1-2H3. The highest BCUT2D eigenvalue weighted by Gasteiger charge is 2.33. The van der Waals surface area contributed by atoms with Crippen LogP contribution in [0.4, 0.5) is 8.78 Å². The lowest BCUT2D eigenvalue weighted by Crippen LogP contribution is -2.55. The monoisotopic (exact) mass is 290 g/mol. The molecule has 1 heterocycles. The van der Waals surface area contributed by atoms with Gasteiger partial charge in [0.05, 0.1) is 0 Å². The molecule has 106 valence electrons. The molecule has 7 heteroatoms. The first kappa shape index (κ1) is 14.4. The Hall–Kier alpha value is -1.05. The summed E-state index contributed by atoms with van der Waals surface area (Å²) >= 11 is 0. The molecule has 1 aliphatic rings. The minimum absolute atomic E-state index is 0.0120. The van der Waals surface area contributed by atoms with E-state index in [9.17, 15) is 17.2 Å². The lowest BCUT2D eigenvalue weighted by atomic mass is 10.2. The van der Waals surface area contributed by atoms with Crippen LogP contribution in [0.2, 0.25) is 0 Å². The molecule has 1 saturated heterocycles. The third-order valence-electron chi connectivity index (χ3n) is 3.04. The van der Waals surface area contributed by atoms with Gasteiger partial charge in [0.25, 0.3) is 0 Å². The predicted molar refractivity (Wildman–Crippen MR) is 67.2 cm³/mol. The van der Waals surface area contributed by atoms with E-state index in [2.05, 4.69) is 5.32 Å². The Morgan fingerprint density at radius 1 is 1.21 bits per heavy atom. The van der Waals surface area contributed by atoms with Crippen molar-refractivity contribution in [2.45, 2.75) is 30.8 Å². The van der Waals surface area contributed by atoms with Crippen molar-refractivity contribution in [3.63, 3.8) is 0 Å². The Bertz CT molecular complexity index is 567. The number of nitrogens with zero attached hydrogens (tertiary/aromatic N) is 1. The summed E-state index contributed by atoms with van der Waals surface area (Å²) in [7, 11) is -3.92. The van der Waals surface area contributed by atoms with Crippen molar-refractivity contribution in [1.82, 2.24) is 9.62 Å². The third kappa shape index (κ3) is 2.93. The lowest BCUT2D eigenvalue weighted by molar-refractivity contribution is 0.262. The summed E-state index contributed by atoms with van der Waals surface area (Å²) in [6.07, 6.45) is 0. The van der Waals surface area contributed by atoms with Gasteiger partial charge in [0.1, 0.15) is 16.5 Å². The summed E-state index contributed by atoms with van der Waals surface area (Å²) in [6.45, 7) is 4.26. The van der Waals surface area contributed by atoms with Crippen molar-refractivity contribution in [3.8, 4) is 0 Å². The second kappa shape index (κ2) is 5.15. The first-order valence-corrected chi connectivity index (χ1v) is 7.46. The first-order valence-electron chi connectivity index (χ1n) is 6.02. The Morgan fingerprint density at radius 2 is 1.79 bits per heavy atom. The van der Waals surface area contributed by atoms with E-state index in [4.69, 9.17) is 0 Å². The molecule has 0 saturated carbocycles. The van der Waals surface area contributed by atoms with Gasteiger partial charge >= 0.3 is 0 Å². The van der Waals surface area contributed by atoms with Crippen LogP contribution in [0.3, 0.4) is 0 Å². The number of hydrogen-bond acceptors (Lipinski definition) is 3. The molecule has 0 bridgehead atoms. The molecule has 2 atom stereocenters. The lowest BCUT2D eigenvalue weighted by Gasteiger charge is -2.35. The van der Waals surface area contributed by atoms with Gasteiger partial charge < -0.3 is 5.32 Å². The molecular formula is C12H16F2N2O2S. The largest absolute Gasteiger partial charge is 0.309 e. The maximum atomic E-state index is 13.6. The fourth-order valence-corrected chi connectivity index (χ4v) is 3.96. The normalized spacial score (nSPS) is 25.5. The molecule has 19 heavy (non-hydrogen) atoms. The van der Waals surface area contributed by atoms with E-state index in [0.29, 0.717) is 6.07 Å². The van der Waals surface area contributed by atoms with Gasteiger partial charge in [0.15, 0.2) is 0 Å². The molecule has 0 spiro atoms. The zero-order valence-electron chi connectivity index (χ0n) is 10.7. The van der Waals surface area contributed by atoms with Crippen LogP contribution >= 0.6 is 0 Å². The summed E-state index contributed by atoms with van der Waals surface area (Å²) in [5.74, 6) is -1.85. The van der Waals surface area contributed by atoms with Crippen LogP contribution < -0.4 is 5.32 Å². The first-order chi connectivity index (χ1) is 8.80. The van der Waals surface area contributed by atoms with Crippen molar-refractivity contribution in [2.75, 3.05) is 13.1 Å². The summed E-state index contributed by atoms with van der Waals surface area (Å²) in [5, 5.41) is 3.20. The quantitative estimate of drug-likeness (QED) is 0.894. The van der Waals surface area contributed by atoms with Gasteiger partial charge in [-0.2, -0.15) is 4.31 Å². The Kier molecular flexibility index (Phi) is 3.89. The molecule has 1 aromatic carbocycles. The average Bonchev–Trinajstić information content (AvgIpc) is 2.26. The number of benzene rings is 1. The zero-order valence-corrected chi connectivity index (χ0v) is 11.5. The molecule has 0 radical (unpaired) electrons. The van der Waals surface area contributed by atoms with E-state index in [1.54, 1.807) is 0 Å². The van der Waals surface area contributed by atoms with Crippen LogP contribution in [-0.4, -0.2) is 37.9 Å². The molecule has 0 aliphatic carbocycles. The molecule has 1 aromatic rings. The molecule has 1 aliphatic heterocycles. The topological polar surface area (TPSA) is 49.4 Å². The van der Waals surface area contributed by atoms with Crippen molar-refractivity contribution >= 4 is 10.0 Å². The molecule has 0 aromatic heterocycles. The van der Waals surface area contributed by atoms with E-state index in [1.807, 2.05) is 13.8 Å². The van der Waals surface area contributed by atoms with E-state index in [-0.39, 0.29) is 25.2 Å². The van der Waals surface area contributed by atoms with Crippen LogP contribution in [0.5, 0.6) is 0 Å². The highest BCUT2D eigenvalue weighted by Crippen LogP contribution is 2.22. The SMILES string of the molecule is CC1CN(S(=O)(=O)c2ccc(F)cc2F)CC(C)N1. The van der Waals surface area contributed by atoms with Gasteiger partial charge in [0.2, 0.25) is 10.0 Å². The summed E-state index contributed by atoms with van der Waals surface area (Å²) in [6, 6.07) is 2.48. The van der Waals surface area contributed by atoms with Crippen LogP contribution in [0.25, 0.3) is 0 Å². The van der Waals surface area contributed by atoms with E-state index < -0.39 is 26.6 Å². The summed E-state index contributed by atoms with van der Waals surface area (Å²) in [5.41, 5.74) is 0. The number of piperazine rings is 1. The van der Waals surface area contributed by atoms with Crippen LogP contribution in [0.1, 0.15) is 13.8 Å². The second-order valence-electron chi connectivity index (χ2n) is 4.87. The zero-order chi connectivity index (χ0) is 14.2. The van der Waals surface area contributed by atoms with Gasteiger partial charge in [-0.25, -0.2) is 17.2 Å². The van der Waals surface area contributed by atoms with E-state index in [1.165, 1.54) is 4.31 Å². The highest BCUT2D eigenvalue weighted by molar-refractivity contribution is 7.89. The predicted octanol–water partition coefficient (Wildman–Crippen LogP) is 1.34. The van der Waals surface area contributed by atoms with Gasteiger partial charge in [-0.05, 0) is 26.0 Å². The van der Waals surface area contributed by atoms with Crippen LogP contribution in [0.15, 0.2) is 23.1 Å². The summed E-state index contributed by atoms with van der Waals surface area (Å²) in [4.78, 5) is -0.477. The van der Waals surface area contributed by atoms with Crippen molar-refractivity contribution < 1.29 is 17.2 Å². The fraction of sp³-hybridized carbons (Fsp3) is 0.500. The van der Waals surface area contributed by atoms with Gasteiger partial charge in [0, 0.05) is 31.2 Å². The Labute approximate surface area is 111 Å². The van der Waals surface area contributed by atoms with E-state index >= 15 is 0 Å². The van der Waals surface area contributed by atoms with Crippen molar-refractivity contribution in [3.05, 3.63) is 29.8 Å². The van der Waals surface area contributed by atoms with Crippen LogP contribution in [0, 0.1) is 11.6 Å². The maximum Gasteiger partial charge on any atom is 0.246 e. The molecule has 1 fully saturated rings. The van der Waals surface area contributed by atoms with Gasteiger partial charge in [-0.1, -0.05) is 0 Å². The molecule has 1 N–H and O–H groups in total. The molecule has 4 nitrogen and oxygen atoms in total. The average molecular weight is 290 g/mol. The number of halogens is 2. The maximum absolute atomic E-state index is 13.6. The molecular weight excluding hydrogens is 274 g/mol. The number of sulfonamides is 1. The summed E-state index contributed by atoms with van der Waals surface area (Å²) < 4.78 is 52.4. The van der Waals surface area contributed by atoms with Gasteiger partial charge in [-0.3, -0.25) is 0 Å². The van der Waals surface area contributed by atoms with E-state index in [0.717, 1.165) is 12.1 Å². The minimum atomic E-state index is -3.92. The third-order valence-corrected chi connectivity index (χ3v) is 4.90. The molecule has 2 unspecified atom stereocenters. The molecule has 0 amide bonds. The Morgan fingerprint density at radius 3 is 2.32 bits per heavy atom. The van der Waals surface area contributed by atoms with Crippen molar-refractivity contribution in [1.29, 1.82) is 0 Å². The van der Waals surface area contributed by atoms with Crippen LogP contribution in [-0.2, 0) is 10.0 Å². The van der Waals surface area contributed by atoms with Gasteiger partial charge in [-0.15, -0.1) is 0 Å². The highest BCUT2D eigenvalue weighted by atomic mass is 32.2. The number of hydrogen-bond donors (Lipinski definition) is 1. The number of nitrogens with one attached hydrogen (secondary N) is 1. The Balaban J connectivity index is 2.36. The minimum Gasteiger partial charge on any atom is -0.309 e.